The minimum atomic E-state index is -0.170. The minimum absolute atomic E-state index is 0.0197. The molecule has 0 amide bonds. The van der Waals surface area contributed by atoms with Crippen LogP contribution in [0.15, 0.2) is 12.1 Å². The Morgan fingerprint density at radius 2 is 2.00 bits per heavy atom. The molecule has 6 heteroatoms. The second kappa shape index (κ2) is 6.17. The molecule has 1 unspecified atom stereocenters. The molecule has 1 saturated heterocycles. The van der Waals surface area contributed by atoms with Crippen LogP contribution in [0, 0.1) is 5.41 Å². The van der Waals surface area contributed by atoms with Crippen molar-refractivity contribution in [1.82, 2.24) is 5.32 Å². The van der Waals surface area contributed by atoms with E-state index in [0.717, 1.165) is 5.56 Å². The number of nitrogens with one attached hydrogen (secondary N) is 1. The van der Waals surface area contributed by atoms with Gasteiger partial charge in [0.2, 0.25) is 0 Å². The van der Waals surface area contributed by atoms with Crippen molar-refractivity contribution in [3.05, 3.63) is 32.8 Å². The van der Waals surface area contributed by atoms with Crippen LogP contribution in [-0.4, -0.2) is 31.5 Å². The van der Waals surface area contributed by atoms with Gasteiger partial charge in [-0.2, -0.15) is 0 Å². The van der Waals surface area contributed by atoms with Gasteiger partial charge < -0.3 is 15.2 Å². The van der Waals surface area contributed by atoms with Crippen molar-refractivity contribution in [3.63, 3.8) is 0 Å². The van der Waals surface area contributed by atoms with E-state index in [4.69, 9.17) is 39.5 Å². The zero-order valence-electron chi connectivity index (χ0n) is 10.5. The van der Waals surface area contributed by atoms with Crippen LogP contribution < -0.4 is 5.32 Å². The quantitative estimate of drug-likeness (QED) is 0.817. The third kappa shape index (κ3) is 3.18. The number of hydrogen-bond acceptors (Lipinski definition) is 3. The first kappa shape index (κ1) is 15.4. The van der Waals surface area contributed by atoms with Crippen LogP contribution in [0.3, 0.4) is 0 Å². The van der Waals surface area contributed by atoms with Crippen LogP contribution in [0.5, 0.6) is 0 Å². The Morgan fingerprint density at radius 3 is 2.53 bits per heavy atom. The summed E-state index contributed by atoms with van der Waals surface area (Å²) in [5.41, 5.74) is 0.723. The van der Waals surface area contributed by atoms with Gasteiger partial charge in [-0.3, -0.25) is 0 Å². The molecule has 106 valence electrons. The first-order valence-electron chi connectivity index (χ1n) is 6.04. The van der Waals surface area contributed by atoms with Crippen LogP contribution in [0.2, 0.25) is 15.1 Å². The lowest BCUT2D eigenvalue weighted by Gasteiger charge is -2.40. The van der Waals surface area contributed by atoms with Crippen molar-refractivity contribution in [2.45, 2.75) is 13.0 Å². The fourth-order valence-electron chi connectivity index (χ4n) is 1.99. The molecule has 0 radical (unpaired) electrons. The van der Waals surface area contributed by atoms with Crippen molar-refractivity contribution < 1.29 is 9.84 Å². The maximum Gasteiger partial charge on any atom is 0.0781 e. The molecule has 0 spiro atoms. The van der Waals surface area contributed by atoms with E-state index in [2.05, 4.69) is 5.32 Å². The summed E-state index contributed by atoms with van der Waals surface area (Å²) in [5, 5.41) is 14.0. The monoisotopic (exact) mass is 323 g/mol. The van der Waals surface area contributed by atoms with Crippen molar-refractivity contribution in [2.24, 2.45) is 5.41 Å². The van der Waals surface area contributed by atoms with Gasteiger partial charge in [-0.15, -0.1) is 0 Å². The van der Waals surface area contributed by atoms with Crippen molar-refractivity contribution >= 4 is 34.8 Å². The van der Waals surface area contributed by atoms with Gasteiger partial charge in [0, 0.05) is 12.6 Å². The van der Waals surface area contributed by atoms with Gasteiger partial charge in [0.25, 0.3) is 0 Å². The molecule has 0 bridgehead atoms. The number of rotatable bonds is 5. The highest BCUT2D eigenvalue weighted by Gasteiger charge is 2.38. The number of aliphatic hydroxyl groups is 1. The largest absolute Gasteiger partial charge is 0.396 e. The summed E-state index contributed by atoms with van der Waals surface area (Å²) in [5.74, 6) is 0. The molecule has 2 rings (SSSR count). The first-order valence-corrected chi connectivity index (χ1v) is 7.18. The molecule has 1 aromatic rings. The van der Waals surface area contributed by atoms with Crippen molar-refractivity contribution in [3.8, 4) is 0 Å². The van der Waals surface area contributed by atoms with Gasteiger partial charge in [0.05, 0.1) is 40.3 Å². The van der Waals surface area contributed by atoms with Crippen LogP contribution >= 0.6 is 34.8 Å². The maximum absolute atomic E-state index is 9.37. The van der Waals surface area contributed by atoms with E-state index in [-0.39, 0.29) is 18.1 Å². The Labute approximate surface area is 127 Å². The zero-order chi connectivity index (χ0) is 14.0. The summed E-state index contributed by atoms with van der Waals surface area (Å²) in [6, 6.07) is 3.61. The third-order valence-corrected chi connectivity index (χ3v) is 4.77. The second-order valence-electron chi connectivity index (χ2n) is 5.02. The van der Waals surface area contributed by atoms with Gasteiger partial charge in [-0.25, -0.2) is 0 Å². The first-order chi connectivity index (χ1) is 8.99. The number of halogens is 3. The molecule has 0 saturated carbocycles. The topological polar surface area (TPSA) is 41.5 Å². The van der Waals surface area contributed by atoms with E-state index < -0.39 is 0 Å². The fraction of sp³-hybridized carbons (Fsp3) is 0.538. The van der Waals surface area contributed by atoms with E-state index in [9.17, 15) is 5.11 Å². The lowest BCUT2D eigenvalue weighted by molar-refractivity contribution is -0.135. The highest BCUT2D eigenvalue weighted by Crippen LogP contribution is 2.36. The molecule has 0 aliphatic carbocycles. The molecule has 3 nitrogen and oxygen atoms in total. The van der Waals surface area contributed by atoms with Gasteiger partial charge in [-0.05, 0) is 18.6 Å². The molecular formula is C13H16Cl3NO2. The van der Waals surface area contributed by atoms with E-state index >= 15 is 0 Å². The predicted octanol–water partition coefficient (Wildman–Crippen LogP) is 3.31. The molecule has 1 aromatic carbocycles. The molecular weight excluding hydrogens is 309 g/mol. The Bertz CT molecular complexity index is 458. The zero-order valence-corrected chi connectivity index (χ0v) is 12.8. The summed E-state index contributed by atoms with van der Waals surface area (Å²) in [6.07, 6.45) is 0. The van der Waals surface area contributed by atoms with Gasteiger partial charge >= 0.3 is 0 Å². The summed E-state index contributed by atoms with van der Waals surface area (Å²) in [7, 11) is 0. The summed E-state index contributed by atoms with van der Waals surface area (Å²) in [4.78, 5) is 0. The van der Waals surface area contributed by atoms with E-state index in [1.165, 1.54) is 0 Å². The molecule has 0 aromatic heterocycles. The van der Waals surface area contributed by atoms with Gasteiger partial charge in [0.15, 0.2) is 0 Å². The number of ether oxygens (including phenoxy) is 1. The predicted molar refractivity (Wildman–Crippen MR) is 78.2 cm³/mol. The normalized spacial score (nSPS) is 19.0. The van der Waals surface area contributed by atoms with Crippen LogP contribution in [0.1, 0.15) is 18.5 Å². The summed E-state index contributed by atoms with van der Waals surface area (Å²) >= 11 is 18.1. The highest BCUT2D eigenvalue weighted by molar-refractivity contribution is 6.48. The standard InChI is InChI=1S/C13H16Cl3NO2/c1-8(17-4-13(5-18)6-19-7-13)9-2-3-10(14)12(16)11(9)15/h2-3,8,17-18H,4-7H2,1H3. The molecule has 1 fully saturated rings. The SMILES string of the molecule is CC(NCC1(CO)COC1)c1ccc(Cl)c(Cl)c1Cl. The number of aliphatic hydroxyl groups excluding tert-OH is 1. The number of hydrogen-bond donors (Lipinski definition) is 2. The van der Waals surface area contributed by atoms with Crippen molar-refractivity contribution in [1.29, 1.82) is 0 Å². The van der Waals surface area contributed by atoms with Gasteiger partial charge in [0.1, 0.15) is 0 Å². The average Bonchev–Trinajstić information content (AvgIpc) is 2.35. The number of benzene rings is 1. The van der Waals surface area contributed by atoms with E-state index in [1.54, 1.807) is 6.07 Å². The van der Waals surface area contributed by atoms with Crippen LogP contribution in [0.4, 0.5) is 0 Å². The lowest BCUT2D eigenvalue weighted by atomic mass is 9.86. The molecule has 1 heterocycles. The molecule has 19 heavy (non-hydrogen) atoms. The van der Waals surface area contributed by atoms with E-state index in [0.29, 0.717) is 34.8 Å². The average molecular weight is 325 g/mol. The van der Waals surface area contributed by atoms with E-state index in [1.807, 2.05) is 13.0 Å². The molecule has 1 atom stereocenters. The Morgan fingerprint density at radius 1 is 1.32 bits per heavy atom. The Hall–Kier alpha value is -0.0300. The second-order valence-corrected chi connectivity index (χ2v) is 6.18. The lowest BCUT2D eigenvalue weighted by Crippen LogP contribution is -2.52. The van der Waals surface area contributed by atoms with Crippen LogP contribution in [0.25, 0.3) is 0 Å². The minimum Gasteiger partial charge on any atom is -0.396 e. The summed E-state index contributed by atoms with van der Waals surface area (Å²) < 4.78 is 5.16. The highest BCUT2D eigenvalue weighted by atomic mass is 35.5. The van der Waals surface area contributed by atoms with Crippen molar-refractivity contribution in [2.75, 3.05) is 26.4 Å². The van der Waals surface area contributed by atoms with Crippen LogP contribution in [-0.2, 0) is 4.74 Å². The Balaban J connectivity index is 2.04. The molecule has 2 N–H and O–H groups in total. The third-order valence-electron chi connectivity index (χ3n) is 3.47. The molecule has 1 aliphatic rings. The Kier molecular flexibility index (Phi) is 4.99. The summed E-state index contributed by atoms with van der Waals surface area (Å²) in [6.45, 7) is 3.94. The van der Waals surface area contributed by atoms with Gasteiger partial charge in [-0.1, -0.05) is 40.9 Å². The molecule has 1 aliphatic heterocycles. The fourth-order valence-corrected chi connectivity index (χ4v) is 2.70. The smallest absolute Gasteiger partial charge is 0.0781 e. The maximum atomic E-state index is 9.37.